The molecular weight excluding hydrogens is 176 g/mol. The van der Waals surface area contributed by atoms with Gasteiger partial charge in [0.05, 0.1) is 11.8 Å². The minimum Gasteiger partial charge on any atom is -0.294 e. The third kappa shape index (κ3) is 1.86. The van der Waals surface area contributed by atoms with Crippen LogP contribution < -0.4 is 0 Å². The van der Waals surface area contributed by atoms with Crippen molar-refractivity contribution >= 4 is 5.78 Å². The highest BCUT2D eigenvalue weighted by molar-refractivity contribution is 5.95. The van der Waals surface area contributed by atoms with E-state index in [9.17, 15) is 4.79 Å². The smallest absolute Gasteiger partial charge is 0.165 e. The van der Waals surface area contributed by atoms with Gasteiger partial charge in [-0.05, 0) is 18.8 Å². The van der Waals surface area contributed by atoms with Crippen LogP contribution in [-0.4, -0.2) is 15.6 Å². The van der Waals surface area contributed by atoms with E-state index >= 15 is 0 Å². The van der Waals surface area contributed by atoms with Crippen LogP contribution in [0.15, 0.2) is 12.4 Å². The highest BCUT2D eigenvalue weighted by Gasteiger charge is 2.18. The van der Waals surface area contributed by atoms with Gasteiger partial charge in [-0.25, -0.2) is 0 Å². The minimum absolute atomic E-state index is 0.185. The third-order valence-corrected chi connectivity index (χ3v) is 2.95. The highest BCUT2D eigenvalue weighted by Crippen LogP contribution is 2.27. The number of rotatable bonds is 4. The fraction of sp³-hybridized carbons (Fsp3) is 0.636. The van der Waals surface area contributed by atoms with Crippen LogP contribution in [0.2, 0.25) is 0 Å². The predicted octanol–water partition coefficient (Wildman–Crippen LogP) is 2.28. The molecule has 0 atom stereocenters. The van der Waals surface area contributed by atoms with Gasteiger partial charge >= 0.3 is 0 Å². The van der Waals surface area contributed by atoms with Crippen LogP contribution in [-0.2, 0) is 6.54 Å². The molecule has 1 saturated carbocycles. The Hall–Kier alpha value is -1.12. The normalized spacial score (nSPS) is 16.6. The molecule has 0 radical (unpaired) electrons. The van der Waals surface area contributed by atoms with Crippen molar-refractivity contribution in [3.8, 4) is 0 Å². The third-order valence-electron chi connectivity index (χ3n) is 2.95. The molecule has 0 saturated heterocycles. The van der Waals surface area contributed by atoms with Crippen LogP contribution in [0.4, 0.5) is 0 Å². The Morgan fingerprint density at radius 3 is 3.00 bits per heavy atom. The lowest BCUT2D eigenvalue weighted by molar-refractivity contribution is 0.0988. The number of nitrogens with zero attached hydrogens (tertiary/aromatic N) is 2. The first-order valence-corrected chi connectivity index (χ1v) is 5.35. The van der Waals surface area contributed by atoms with Crippen LogP contribution in [0, 0.1) is 5.92 Å². The van der Waals surface area contributed by atoms with E-state index in [4.69, 9.17) is 0 Å². The maximum atomic E-state index is 11.3. The monoisotopic (exact) mass is 192 g/mol. The van der Waals surface area contributed by atoms with Gasteiger partial charge in [-0.3, -0.25) is 9.48 Å². The van der Waals surface area contributed by atoms with E-state index < -0.39 is 0 Å². The molecule has 1 heterocycles. The van der Waals surface area contributed by atoms with Gasteiger partial charge in [0.2, 0.25) is 0 Å². The van der Waals surface area contributed by atoms with E-state index in [-0.39, 0.29) is 5.78 Å². The zero-order valence-electron chi connectivity index (χ0n) is 8.57. The van der Waals surface area contributed by atoms with Crippen LogP contribution in [0.1, 0.15) is 43.0 Å². The number of aromatic nitrogens is 2. The number of hydrogen-bond acceptors (Lipinski definition) is 2. The first-order valence-electron chi connectivity index (χ1n) is 5.35. The van der Waals surface area contributed by atoms with Gasteiger partial charge in [0, 0.05) is 19.2 Å². The van der Waals surface area contributed by atoms with Crippen molar-refractivity contribution in [1.29, 1.82) is 0 Å². The molecule has 1 aromatic rings. The summed E-state index contributed by atoms with van der Waals surface area (Å²) in [5, 5.41) is 4.20. The molecule has 0 amide bonds. The molecule has 3 heteroatoms. The summed E-state index contributed by atoms with van der Waals surface area (Å²) >= 11 is 0. The minimum atomic E-state index is 0.185. The van der Waals surface area contributed by atoms with Gasteiger partial charge < -0.3 is 0 Å². The van der Waals surface area contributed by atoms with Gasteiger partial charge in [0.15, 0.2) is 5.78 Å². The summed E-state index contributed by atoms with van der Waals surface area (Å²) in [5.41, 5.74) is 0.756. The maximum absolute atomic E-state index is 11.3. The number of carbonyl (C=O) groups is 1. The van der Waals surface area contributed by atoms with E-state index in [0.29, 0.717) is 6.42 Å². The second-order valence-electron chi connectivity index (χ2n) is 4.02. The van der Waals surface area contributed by atoms with Crippen LogP contribution in [0.5, 0.6) is 0 Å². The summed E-state index contributed by atoms with van der Waals surface area (Å²) in [6, 6.07) is 0. The van der Waals surface area contributed by atoms with E-state index in [1.54, 1.807) is 6.20 Å². The summed E-state index contributed by atoms with van der Waals surface area (Å²) in [6.07, 6.45) is 8.12. The summed E-state index contributed by atoms with van der Waals surface area (Å²) in [7, 11) is 0. The SMILES string of the molecule is CCC(=O)c1cnn(CC2CCC2)c1. The molecule has 0 unspecified atom stereocenters. The lowest BCUT2D eigenvalue weighted by atomic mass is 9.85. The Kier molecular flexibility index (Phi) is 2.66. The molecule has 0 N–H and O–H groups in total. The molecule has 3 nitrogen and oxygen atoms in total. The van der Waals surface area contributed by atoms with Crippen LogP contribution in [0.25, 0.3) is 0 Å². The van der Waals surface area contributed by atoms with Gasteiger partial charge in [-0.2, -0.15) is 5.10 Å². The van der Waals surface area contributed by atoms with Crippen LogP contribution in [0.3, 0.4) is 0 Å². The number of hydrogen-bond donors (Lipinski definition) is 0. The second kappa shape index (κ2) is 3.95. The molecule has 1 aliphatic rings. The van der Waals surface area contributed by atoms with E-state index in [1.165, 1.54) is 19.3 Å². The van der Waals surface area contributed by atoms with E-state index in [0.717, 1.165) is 18.0 Å². The molecule has 1 aromatic heterocycles. The summed E-state index contributed by atoms with van der Waals surface area (Å²) in [5.74, 6) is 0.976. The largest absolute Gasteiger partial charge is 0.294 e. The quantitative estimate of drug-likeness (QED) is 0.686. The summed E-state index contributed by atoms with van der Waals surface area (Å²) in [4.78, 5) is 11.3. The van der Waals surface area contributed by atoms with E-state index in [1.807, 2.05) is 17.8 Å². The van der Waals surface area contributed by atoms with Gasteiger partial charge in [-0.1, -0.05) is 13.3 Å². The standard InChI is InChI=1S/C11H16N2O/c1-2-11(14)10-6-12-13(8-10)7-9-4-3-5-9/h6,8-9H,2-5,7H2,1H3. The maximum Gasteiger partial charge on any atom is 0.165 e. The number of carbonyl (C=O) groups excluding carboxylic acids is 1. The van der Waals surface area contributed by atoms with Crippen molar-refractivity contribution < 1.29 is 4.79 Å². The molecular formula is C11H16N2O. The fourth-order valence-electron chi connectivity index (χ4n) is 1.75. The van der Waals surface area contributed by atoms with Gasteiger partial charge in [-0.15, -0.1) is 0 Å². The Labute approximate surface area is 84.1 Å². The molecule has 14 heavy (non-hydrogen) atoms. The Balaban J connectivity index is 1.98. The zero-order chi connectivity index (χ0) is 9.97. The topological polar surface area (TPSA) is 34.9 Å². The van der Waals surface area contributed by atoms with Gasteiger partial charge in [0.1, 0.15) is 0 Å². The molecule has 1 fully saturated rings. The average Bonchev–Trinajstić information content (AvgIpc) is 2.58. The molecule has 0 spiro atoms. The van der Waals surface area contributed by atoms with Crippen molar-refractivity contribution in [2.45, 2.75) is 39.2 Å². The second-order valence-corrected chi connectivity index (χ2v) is 4.02. The van der Waals surface area contributed by atoms with Crippen molar-refractivity contribution in [2.75, 3.05) is 0 Å². The Bertz CT molecular complexity index is 326. The molecule has 0 bridgehead atoms. The Morgan fingerprint density at radius 2 is 2.43 bits per heavy atom. The Morgan fingerprint density at radius 1 is 1.64 bits per heavy atom. The van der Waals surface area contributed by atoms with Crippen molar-refractivity contribution in [2.24, 2.45) is 5.92 Å². The molecule has 1 aliphatic carbocycles. The average molecular weight is 192 g/mol. The predicted molar refractivity (Wildman–Crippen MR) is 54.2 cm³/mol. The summed E-state index contributed by atoms with van der Waals surface area (Å²) in [6.45, 7) is 2.86. The molecule has 0 aromatic carbocycles. The number of Topliss-reactive ketones (excluding diaryl/α,β-unsaturated/α-hetero) is 1. The molecule has 76 valence electrons. The van der Waals surface area contributed by atoms with Gasteiger partial charge in [0.25, 0.3) is 0 Å². The number of ketones is 1. The highest BCUT2D eigenvalue weighted by atomic mass is 16.1. The lowest BCUT2D eigenvalue weighted by Gasteiger charge is -2.24. The molecule has 0 aliphatic heterocycles. The lowest BCUT2D eigenvalue weighted by Crippen LogP contribution is -2.18. The van der Waals surface area contributed by atoms with Crippen molar-refractivity contribution in [3.63, 3.8) is 0 Å². The zero-order valence-corrected chi connectivity index (χ0v) is 8.57. The van der Waals surface area contributed by atoms with Crippen molar-refractivity contribution in [1.82, 2.24) is 9.78 Å². The van der Waals surface area contributed by atoms with Crippen LogP contribution >= 0.6 is 0 Å². The first kappa shape index (κ1) is 9.44. The molecule has 2 rings (SSSR count). The fourth-order valence-corrected chi connectivity index (χ4v) is 1.75. The summed E-state index contributed by atoms with van der Waals surface area (Å²) < 4.78 is 1.91. The van der Waals surface area contributed by atoms with E-state index in [2.05, 4.69) is 5.10 Å². The first-order chi connectivity index (χ1) is 6.79. The van der Waals surface area contributed by atoms with Crippen molar-refractivity contribution in [3.05, 3.63) is 18.0 Å².